The number of aromatic nitrogens is 1. The molecule has 0 radical (unpaired) electrons. The highest BCUT2D eigenvalue weighted by molar-refractivity contribution is 5.86. The Morgan fingerprint density at radius 3 is 3.04 bits per heavy atom. The Balaban J connectivity index is 1.56. The zero-order valence-electron chi connectivity index (χ0n) is 15.2. The Hall–Kier alpha value is -1.94. The van der Waals surface area contributed by atoms with Crippen LogP contribution in [-0.2, 0) is 11.2 Å². The molecule has 1 fully saturated rings. The summed E-state index contributed by atoms with van der Waals surface area (Å²) in [5.74, 6) is 2.17. The molecule has 1 aromatic carbocycles. The summed E-state index contributed by atoms with van der Waals surface area (Å²) in [5, 5.41) is 1.37. The summed E-state index contributed by atoms with van der Waals surface area (Å²) in [6.07, 6.45) is 4.64. The average Bonchev–Trinajstić information content (AvgIpc) is 3.01. The first-order valence-electron chi connectivity index (χ1n) is 9.40. The fraction of sp³-hybridized carbons (Fsp3) is 0.524. The van der Waals surface area contributed by atoms with Crippen molar-refractivity contribution in [2.45, 2.75) is 38.8 Å². The van der Waals surface area contributed by atoms with Crippen LogP contribution in [0.4, 0.5) is 0 Å². The third kappa shape index (κ3) is 2.23. The summed E-state index contributed by atoms with van der Waals surface area (Å²) < 4.78 is 11.3. The number of rotatable bonds is 1. The molecule has 1 aromatic heterocycles. The van der Waals surface area contributed by atoms with Gasteiger partial charge in [0.05, 0.1) is 25.5 Å². The Morgan fingerprint density at radius 1 is 1.32 bits per heavy atom. The molecular weight excluding hydrogens is 312 g/mol. The molecule has 4 unspecified atom stereocenters. The Kier molecular flexibility index (Phi) is 3.39. The van der Waals surface area contributed by atoms with Gasteiger partial charge in [-0.25, -0.2) is 0 Å². The zero-order chi connectivity index (χ0) is 17.1. The van der Waals surface area contributed by atoms with Gasteiger partial charge in [-0.2, -0.15) is 0 Å². The summed E-state index contributed by atoms with van der Waals surface area (Å²) >= 11 is 0. The van der Waals surface area contributed by atoms with Crippen molar-refractivity contribution in [1.29, 1.82) is 0 Å². The molecule has 1 N–H and O–H groups in total. The summed E-state index contributed by atoms with van der Waals surface area (Å²) in [6.45, 7) is 6.75. The Bertz CT molecular complexity index is 853. The highest BCUT2D eigenvalue weighted by Crippen LogP contribution is 2.47. The molecule has 1 saturated heterocycles. The Labute approximate surface area is 148 Å². The molecule has 4 atom stereocenters. The molecule has 25 heavy (non-hydrogen) atoms. The summed E-state index contributed by atoms with van der Waals surface area (Å²) in [4.78, 5) is 6.41. The summed E-state index contributed by atoms with van der Waals surface area (Å²) in [7, 11) is 1.73. The van der Waals surface area contributed by atoms with E-state index in [4.69, 9.17) is 9.47 Å². The predicted octanol–water partition coefficient (Wildman–Crippen LogP) is 4.03. The van der Waals surface area contributed by atoms with Crippen molar-refractivity contribution in [3.63, 3.8) is 0 Å². The van der Waals surface area contributed by atoms with Crippen LogP contribution in [0.2, 0.25) is 0 Å². The van der Waals surface area contributed by atoms with Crippen LogP contribution in [0.15, 0.2) is 30.0 Å². The lowest BCUT2D eigenvalue weighted by Crippen LogP contribution is -2.50. The van der Waals surface area contributed by atoms with Crippen LogP contribution in [0.1, 0.15) is 37.6 Å². The number of piperidine rings is 1. The lowest BCUT2D eigenvalue weighted by molar-refractivity contribution is -0.0228. The van der Waals surface area contributed by atoms with Crippen molar-refractivity contribution < 1.29 is 9.47 Å². The molecule has 4 nitrogen and oxygen atoms in total. The van der Waals surface area contributed by atoms with Crippen molar-refractivity contribution in [2.24, 2.45) is 11.8 Å². The van der Waals surface area contributed by atoms with E-state index >= 15 is 0 Å². The number of benzene rings is 1. The third-order valence-electron chi connectivity index (χ3n) is 6.67. The van der Waals surface area contributed by atoms with Crippen LogP contribution < -0.4 is 4.74 Å². The van der Waals surface area contributed by atoms with Gasteiger partial charge in [0.1, 0.15) is 5.75 Å². The van der Waals surface area contributed by atoms with E-state index in [9.17, 15) is 0 Å². The van der Waals surface area contributed by atoms with Crippen LogP contribution in [0.3, 0.4) is 0 Å². The number of hydrogen-bond acceptors (Lipinski definition) is 3. The van der Waals surface area contributed by atoms with E-state index in [1.165, 1.54) is 34.2 Å². The molecule has 0 aliphatic carbocycles. The molecule has 0 amide bonds. The average molecular weight is 338 g/mol. The number of nitrogens with one attached hydrogen (secondary N) is 1. The van der Waals surface area contributed by atoms with Crippen molar-refractivity contribution in [3.8, 4) is 5.75 Å². The van der Waals surface area contributed by atoms with Crippen LogP contribution in [0.5, 0.6) is 5.75 Å². The van der Waals surface area contributed by atoms with Gasteiger partial charge in [0.25, 0.3) is 0 Å². The van der Waals surface area contributed by atoms with E-state index in [0.29, 0.717) is 24.0 Å². The van der Waals surface area contributed by atoms with Crippen LogP contribution in [-0.4, -0.2) is 36.2 Å². The van der Waals surface area contributed by atoms with Gasteiger partial charge < -0.3 is 14.5 Å². The van der Waals surface area contributed by atoms with Crippen LogP contribution in [0, 0.1) is 11.8 Å². The molecule has 4 heteroatoms. The second kappa shape index (κ2) is 5.53. The minimum absolute atomic E-state index is 0.322. The number of aromatic amines is 1. The number of allylic oxidation sites excluding steroid dienone is 1. The first-order chi connectivity index (χ1) is 12.2. The first-order valence-corrected chi connectivity index (χ1v) is 9.40. The van der Waals surface area contributed by atoms with Crippen molar-refractivity contribution in [2.75, 3.05) is 20.2 Å². The van der Waals surface area contributed by atoms with Crippen molar-refractivity contribution in [1.82, 2.24) is 9.88 Å². The van der Waals surface area contributed by atoms with Gasteiger partial charge in [-0.1, -0.05) is 0 Å². The maximum Gasteiger partial charge on any atom is 0.120 e. The highest BCUT2D eigenvalue weighted by Gasteiger charge is 2.44. The molecule has 2 aromatic rings. The normalized spacial score (nSPS) is 31.6. The van der Waals surface area contributed by atoms with E-state index in [1.54, 1.807) is 7.11 Å². The monoisotopic (exact) mass is 338 g/mol. The van der Waals surface area contributed by atoms with E-state index in [-0.39, 0.29) is 0 Å². The maximum absolute atomic E-state index is 5.87. The molecular formula is C21H26N2O2. The lowest BCUT2D eigenvalue weighted by Gasteiger charge is -2.49. The largest absolute Gasteiger partial charge is 0.498 e. The van der Waals surface area contributed by atoms with E-state index in [0.717, 1.165) is 25.3 Å². The van der Waals surface area contributed by atoms with E-state index in [2.05, 4.69) is 41.9 Å². The lowest BCUT2D eigenvalue weighted by atomic mass is 9.72. The quantitative estimate of drug-likeness (QED) is 0.853. The molecule has 0 saturated carbocycles. The number of hydrogen-bond donors (Lipinski definition) is 1. The van der Waals surface area contributed by atoms with Gasteiger partial charge in [-0.3, -0.25) is 4.90 Å². The fourth-order valence-electron chi connectivity index (χ4n) is 5.23. The minimum atomic E-state index is 0.322. The van der Waals surface area contributed by atoms with Gasteiger partial charge in [0.15, 0.2) is 0 Å². The minimum Gasteiger partial charge on any atom is -0.498 e. The topological polar surface area (TPSA) is 37.5 Å². The van der Waals surface area contributed by atoms with E-state index in [1.807, 2.05) is 6.26 Å². The number of nitrogens with zero attached hydrogens (tertiary/aromatic N) is 1. The summed E-state index contributed by atoms with van der Waals surface area (Å²) in [6, 6.07) is 6.92. The van der Waals surface area contributed by atoms with Gasteiger partial charge in [-0.15, -0.1) is 0 Å². The fourth-order valence-corrected chi connectivity index (χ4v) is 5.23. The van der Waals surface area contributed by atoms with Crippen molar-refractivity contribution in [3.05, 3.63) is 41.3 Å². The molecule has 3 aliphatic rings. The first kappa shape index (κ1) is 15.3. The second-order valence-corrected chi connectivity index (χ2v) is 7.90. The zero-order valence-corrected chi connectivity index (χ0v) is 15.2. The highest BCUT2D eigenvalue weighted by atomic mass is 16.5. The van der Waals surface area contributed by atoms with Gasteiger partial charge >= 0.3 is 0 Å². The molecule has 132 valence electrons. The van der Waals surface area contributed by atoms with Gasteiger partial charge in [-0.05, 0) is 55.9 Å². The summed E-state index contributed by atoms with van der Waals surface area (Å²) in [5.41, 5.74) is 5.56. The number of ether oxygens (including phenoxy) is 2. The SMILES string of the molecule is COc1ccc2c3c([nH]c2c1)C1CC2C(C)=COC(C)C2CN1CC3. The second-order valence-electron chi connectivity index (χ2n) is 7.90. The van der Waals surface area contributed by atoms with Crippen LogP contribution in [0.25, 0.3) is 10.9 Å². The number of fused-ring (bicyclic) bond motifs is 6. The molecule has 0 bridgehead atoms. The molecule has 0 spiro atoms. The standard InChI is InChI=1S/C21H26N2O2/c1-12-11-25-13(2)18-10-23-7-6-16-15-5-4-14(24-3)8-19(15)22-21(16)20(23)9-17(12)18/h4-5,8,11,13,17-18,20,22H,6-7,9-10H2,1-3H3. The predicted molar refractivity (Wildman–Crippen MR) is 98.8 cm³/mol. The maximum atomic E-state index is 5.87. The third-order valence-corrected chi connectivity index (χ3v) is 6.67. The number of methoxy groups -OCH3 is 1. The van der Waals surface area contributed by atoms with Crippen LogP contribution >= 0.6 is 0 Å². The smallest absolute Gasteiger partial charge is 0.120 e. The molecule has 3 aliphatic heterocycles. The van der Waals surface area contributed by atoms with Gasteiger partial charge in [0, 0.05) is 41.7 Å². The van der Waals surface area contributed by atoms with Crippen molar-refractivity contribution >= 4 is 10.9 Å². The molecule has 4 heterocycles. The van der Waals surface area contributed by atoms with Gasteiger partial charge in [0.2, 0.25) is 0 Å². The van der Waals surface area contributed by atoms with E-state index < -0.39 is 0 Å². The number of H-pyrrole nitrogens is 1. The Morgan fingerprint density at radius 2 is 2.20 bits per heavy atom. The molecule has 5 rings (SSSR count).